The Labute approximate surface area is 198 Å². The number of anilines is 1. The highest BCUT2D eigenvalue weighted by Crippen LogP contribution is 2.23. The topological polar surface area (TPSA) is 89.8 Å². The first kappa shape index (κ1) is 23.7. The lowest BCUT2D eigenvalue weighted by Crippen LogP contribution is -2.20. The van der Waals surface area contributed by atoms with Gasteiger partial charge in [-0.2, -0.15) is 4.99 Å². The standard InChI is InChI=1S/C23H19F2N3O4S2/c1-32-11-10-28-21-19(25)13-16(24)14-20(21)33-23(28)26-22(29)15-6-5-7-17(12-15)27-34(30,31)18-8-3-2-4-9-18/h2-9,12-14,27H,10-11H2,1H3. The number of carbonyl (C=O) groups excluding carboxylic acids is 1. The van der Waals surface area contributed by atoms with E-state index in [0.29, 0.717) is 4.70 Å². The number of nitrogens with zero attached hydrogens (tertiary/aromatic N) is 2. The molecular formula is C23H19F2N3O4S2. The highest BCUT2D eigenvalue weighted by Gasteiger charge is 2.16. The molecule has 0 fully saturated rings. The summed E-state index contributed by atoms with van der Waals surface area (Å²) in [5.41, 5.74) is 0.427. The number of carbonyl (C=O) groups is 1. The maximum atomic E-state index is 14.5. The van der Waals surface area contributed by atoms with E-state index >= 15 is 0 Å². The Balaban J connectivity index is 1.70. The summed E-state index contributed by atoms with van der Waals surface area (Å²) in [6, 6.07) is 15.6. The van der Waals surface area contributed by atoms with Gasteiger partial charge in [-0.25, -0.2) is 17.2 Å². The summed E-state index contributed by atoms with van der Waals surface area (Å²) in [5.74, 6) is -2.17. The van der Waals surface area contributed by atoms with Gasteiger partial charge in [0.2, 0.25) is 0 Å². The van der Waals surface area contributed by atoms with Gasteiger partial charge in [-0.05, 0) is 36.4 Å². The third-order valence-corrected chi connectivity index (χ3v) is 7.25. The summed E-state index contributed by atoms with van der Waals surface area (Å²) < 4.78 is 62.6. The second-order valence-corrected chi connectivity index (χ2v) is 9.87. The smallest absolute Gasteiger partial charge is 0.279 e. The van der Waals surface area contributed by atoms with Gasteiger partial charge >= 0.3 is 0 Å². The highest BCUT2D eigenvalue weighted by atomic mass is 32.2. The van der Waals surface area contributed by atoms with Crippen LogP contribution >= 0.6 is 11.3 Å². The highest BCUT2D eigenvalue weighted by molar-refractivity contribution is 7.92. The minimum absolute atomic E-state index is 0.0788. The van der Waals surface area contributed by atoms with E-state index in [1.165, 1.54) is 54.1 Å². The molecule has 0 saturated carbocycles. The number of thiazole rings is 1. The Morgan fingerprint density at radius 3 is 2.59 bits per heavy atom. The molecule has 0 atom stereocenters. The van der Waals surface area contributed by atoms with Crippen LogP contribution in [0.15, 0.2) is 76.6 Å². The van der Waals surface area contributed by atoms with Crippen molar-refractivity contribution in [2.45, 2.75) is 11.4 Å². The maximum absolute atomic E-state index is 14.5. The number of fused-ring (bicyclic) bond motifs is 1. The fourth-order valence-corrected chi connectivity index (χ4v) is 5.45. The van der Waals surface area contributed by atoms with Gasteiger partial charge in [0.05, 0.1) is 21.7 Å². The van der Waals surface area contributed by atoms with Crippen molar-refractivity contribution in [2.75, 3.05) is 18.4 Å². The molecule has 1 heterocycles. The second kappa shape index (κ2) is 9.84. The van der Waals surface area contributed by atoms with Crippen molar-refractivity contribution in [3.05, 3.63) is 88.7 Å². The Morgan fingerprint density at radius 1 is 1.09 bits per heavy atom. The van der Waals surface area contributed by atoms with Gasteiger partial charge in [-0.15, -0.1) is 0 Å². The summed E-state index contributed by atoms with van der Waals surface area (Å²) in [4.78, 5) is 17.3. The molecule has 0 unspecified atom stereocenters. The predicted molar refractivity (Wildman–Crippen MR) is 125 cm³/mol. The molecule has 1 aromatic heterocycles. The molecule has 3 aromatic carbocycles. The number of sulfonamides is 1. The van der Waals surface area contributed by atoms with Crippen LogP contribution in [0.25, 0.3) is 10.2 Å². The molecule has 0 aliphatic heterocycles. The van der Waals surface area contributed by atoms with Crippen LogP contribution in [-0.4, -0.2) is 32.6 Å². The normalized spacial score (nSPS) is 12.3. The van der Waals surface area contributed by atoms with Crippen LogP contribution in [0.3, 0.4) is 0 Å². The van der Waals surface area contributed by atoms with Gasteiger partial charge < -0.3 is 9.30 Å². The molecule has 1 amide bonds. The van der Waals surface area contributed by atoms with E-state index in [4.69, 9.17) is 4.74 Å². The third kappa shape index (κ3) is 5.06. The fraction of sp³-hybridized carbons (Fsp3) is 0.130. The molecule has 0 saturated heterocycles. The average Bonchev–Trinajstić information content (AvgIpc) is 3.15. The molecule has 0 bridgehead atoms. The fourth-order valence-electron chi connectivity index (χ4n) is 3.29. The molecule has 11 heteroatoms. The van der Waals surface area contributed by atoms with Crippen molar-refractivity contribution in [2.24, 2.45) is 4.99 Å². The van der Waals surface area contributed by atoms with E-state index in [1.54, 1.807) is 18.2 Å². The lowest BCUT2D eigenvalue weighted by molar-refractivity contribution is 0.0997. The zero-order valence-corrected chi connectivity index (χ0v) is 19.5. The minimum Gasteiger partial charge on any atom is -0.383 e. The van der Waals surface area contributed by atoms with E-state index in [-0.39, 0.29) is 39.6 Å². The van der Waals surface area contributed by atoms with Gasteiger partial charge in [0.25, 0.3) is 15.9 Å². The Morgan fingerprint density at radius 2 is 1.85 bits per heavy atom. The van der Waals surface area contributed by atoms with Gasteiger partial charge in [-0.3, -0.25) is 9.52 Å². The van der Waals surface area contributed by atoms with E-state index < -0.39 is 27.6 Å². The van der Waals surface area contributed by atoms with Crippen LogP contribution in [0, 0.1) is 11.6 Å². The number of hydrogen-bond donors (Lipinski definition) is 1. The van der Waals surface area contributed by atoms with Crippen molar-refractivity contribution < 1.29 is 26.7 Å². The maximum Gasteiger partial charge on any atom is 0.279 e. The zero-order chi connectivity index (χ0) is 24.3. The minimum atomic E-state index is -3.84. The van der Waals surface area contributed by atoms with Crippen molar-refractivity contribution in [3.63, 3.8) is 0 Å². The lowest BCUT2D eigenvalue weighted by atomic mass is 10.2. The number of amides is 1. The monoisotopic (exact) mass is 503 g/mol. The molecule has 1 N–H and O–H groups in total. The lowest BCUT2D eigenvalue weighted by Gasteiger charge is -2.08. The Kier molecular flexibility index (Phi) is 6.87. The first-order chi connectivity index (χ1) is 16.3. The van der Waals surface area contributed by atoms with Crippen LogP contribution in [-0.2, 0) is 21.3 Å². The molecule has 0 aliphatic carbocycles. The van der Waals surface area contributed by atoms with Crippen LogP contribution in [0.5, 0.6) is 0 Å². The van der Waals surface area contributed by atoms with Gasteiger partial charge in [0, 0.05) is 31.0 Å². The Bertz CT molecular complexity index is 1530. The van der Waals surface area contributed by atoms with Crippen LogP contribution in [0.1, 0.15) is 10.4 Å². The predicted octanol–water partition coefficient (Wildman–Crippen LogP) is 4.17. The van der Waals surface area contributed by atoms with Crippen LogP contribution < -0.4 is 9.52 Å². The number of hydrogen-bond acceptors (Lipinski definition) is 5. The van der Waals surface area contributed by atoms with Crippen molar-refractivity contribution in [1.29, 1.82) is 0 Å². The van der Waals surface area contributed by atoms with Crippen molar-refractivity contribution >= 4 is 43.2 Å². The number of halogens is 2. The number of methoxy groups -OCH3 is 1. The second-order valence-electron chi connectivity index (χ2n) is 7.18. The zero-order valence-electron chi connectivity index (χ0n) is 17.9. The molecular weight excluding hydrogens is 484 g/mol. The third-order valence-electron chi connectivity index (χ3n) is 4.83. The number of nitrogens with one attached hydrogen (secondary N) is 1. The van der Waals surface area contributed by atoms with E-state index in [2.05, 4.69) is 9.71 Å². The summed E-state index contributed by atoms with van der Waals surface area (Å²) in [7, 11) is -2.36. The number of benzene rings is 3. The average molecular weight is 504 g/mol. The van der Waals surface area contributed by atoms with Crippen LogP contribution in [0.4, 0.5) is 14.5 Å². The molecule has 0 radical (unpaired) electrons. The summed E-state index contributed by atoms with van der Waals surface area (Å²) >= 11 is 0.966. The van der Waals surface area contributed by atoms with E-state index in [1.807, 2.05) is 0 Å². The number of ether oxygens (including phenoxy) is 1. The Hall–Kier alpha value is -3.41. The molecule has 7 nitrogen and oxygen atoms in total. The van der Waals surface area contributed by atoms with Gasteiger partial charge in [0.1, 0.15) is 5.82 Å². The summed E-state index contributed by atoms with van der Waals surface area (Å²) in [6.45, 7) is 0.420. The molecule has 4 aromatic rings. The van der Waals surface area contributed by atoms with Crippen LogP contribution in [0.2, 0.25) is 0 Å². The number of aromatic nitrogens is 1. The van der Waals surface area contributed by atoms with Gasteiger partial charge in [-0.1, -0.05) is 35.6 Å². The summed E-state index contributed by atoms with van der Waals surface area (Å²) in [6.07, 6.45) is 0. The van der Waals surface area contributed by atoms with Crippen molar-refractivity contribution in [3.8, 4) is 0 Å². The van der Waals surface area contributed by atoms with Crippen molar-refractivity contribution in [1.82, 2.24) is 4.57 Å². The largest absolute Gasteiger partial charge is 0.383 e. The molecule has 176 valence electrons. The molecule has 4 rings (SSSR count). The van der Waals surface area contributed by atoms with E-state index in [0.717, 1.165) is 17.4 Å². The molecule has 34 heavy (non-hydrogen) atoms. The molecule has 0 aliphatic rings. The molecule has 0 spiro atoms. The first-order valence-corrected chi connectivity index (χ1v) is 12.3. The van der Waals surface area contributed by atoms with Gasteiger partial charge in [0.15, 0.2) is 10.6 Å². The first-order valence-electron chi connectivity index (χ1n) is 10.0. The summed E-state index contributed by atoms with van der Waals surface area (Å²) in [5, 5.41) is 0. The number of rotatable bonds is 7. The SMILES string of the molecule is COCCn1c(=NC(=O)c2cccc(NS(=O)(=O)c3ccccc3)c2)sc2cc(F)cc(F)c21. The van der Waals surface area contributed by atoms with E-state index in [9.17, 15) is 22.0 Å². The quantitative estimate of drug-likeness (QED) is 0.410.